The Morgan fingerprint density at radius 2 is 2.30 bits per heavy atom. The van der Waals surface area contributed by atoms with Crippen LogP contribution in [0.25, 0.3) is 11.0 Å². The van der Waals surface area contributed by atoms with Gasteiger partial charge in [0.05, 0.1) is 23.1 Å². The van der Waals surface area contributed by atoms with E-state index in [1.54, 1.807) is 6.20 Å². The Bertz CT molecular complexity index is 741. The predicted molar refractivity (Wildman–Crippen MR) is 75.0 cm³/mol. The lowest BCUT2D eigenvalue weighted by Crippen LogP contribution is -2.47. The summed E-state index contributed by atoms with van der Waals surface area (Å²) in [5, 5.41) is 7.45. The van der Waals surface area contributed by atoms with Crippen LogP contribution in [0.3, 0.4) is 0 Å². The van der Waals surface area contributed by atoms with Gasteiger partial charge in [0.15, 0.2) is 15.5 Å². The van der Waals surface area contributed by atoms with Gasteiger partial charge in [0, 0.05) is 12.6 Å². The van der Waals surface area contributed by atoms with Crippen molar-refractivity contribution in [1.82, 2.24) is 20.2 Å². The fourth-order valence-corrected chi connectivity index (χ4v) is 3.97. The van der Waals surface area contributed by atoms with Gasteiger partial charge in [-0.15, -0.1) is 0 Å². The molecule has 20 heavy (non-hydrogen) atoms. The molecule has 2 aromatic rings. The average Bonchev–Trinajstić information content (AvgIpc) is 2.85. The molecule has 1 aliphatic rings. The number of nitrogen functional groups attached to an aromatic ring is 1. The van der Waals surface area contributed by atoms with Crippen LogP contribution in [0.5, 0.6) is 0 Å². The zero-order valence-corrected chi connectivity index (χ0v) is 11.7. The highest BCUT2D eigenvalue weighted by Gasteiger charge is 2.30. The monoisotopic (exact) mass is 297 g/mol. The van der Waals surface area contributed by atoms with Gasteiger partial charge in [0.1, 0.15) is 5.82 Å². The third-order valence-electron chi connectivity index (χ3n) is 3.36. The number of hydrazine groups is 1. The van der Waals surface area contributed by atoms with Crippen molar-refractivity contribution in [1.29, 1.82) is 0 Å². The number of hydrogen-bond acceptors (Lipinski definition) is 8. The fourth-order valence-electron chi connectivity index (χ4n) is 2.42. The Balaban J connectivity index is 2.07. The molecule has 3 rings (SSSR count). The highest BCUT2D eigenvalue weighted by atomic mass is 32.2. The third-order valence-corrected chi connectivity index (χ3v) is 5.16. The summed E-state index contributed by atoms with van der Waals surface area (Å²) >= 11 is 0. The Hall–Kier alpha value is -1.94. The molecule has 0 radical (unpaired) electrons. The van der Waals surface area contributed by atoms with E-state index in [4.69, 9.17) is 5.84 Å². The van der Waals surface area contributed by atoms with Crippen molar-refractivity contribution < 1.29 is 8.42 Å². The highest BCUT2D eigenvalue weighted by Crippen LogP contribution is 2.27. The van der Waals surface area contributed by atoms with Crippen molar-refractivity contribution in [2.24, 2.45) is 5.84 Å². The second kappa shape index (κ2) is 4.56. The fraction of sp³-hybridized carbons (Fsp3) is 0.500. The molecule has 0 amide bonds. The Morgan fingerprint density at radius 3 is 3.00 bits per heavy atom. The molecule has 3 heterocycles. The number of anilines is 2. The molecule has 4 N–H and O–H groups in total. The number of rotatable bonds is 2. The van der Waals surface area contributed by atoms with Crippen molar-refractivity contribution in [3.8, 4) is 0 Å². The lowest BCUT2D eigenvalue weighted by molar-refractivity contribution is 0.567. The molecule has 1 saturated heterocycles. The van der Waals surface area contributed by atoms with Gasteiger partial charge < -0.3 is 4.90 Å². The molecule has 108 valence electrons. The van der Waals surface area contributed by atoms with Gasteiger partial charge in [-0.3, -0.25) is 10.5 Å². The lowest BCUT2D eigenvalue weighted by atomic mass is 10.2. The zero-order chi connectivity index (χ0) is 14.3. The standard InChI is InChI=1S/C10H15N7O2S/c1-6-5-20(18,19)3-2-17(6)9-7-4-12-16-8(7)13-10(14-9)15-11/h4,6H,2-3,5,11H2,1H3,(H2,12,13,14,15,16). The SMILES string of the molecule is CC1CS(=O)(=O)CCN1c1nc(NN)nc2[nH]ncc12. The maximum atomic E-state index is 11.7. The molecule has 0 aromatic carbocycles. The van der Waals surface area contributed by atoms with E-state index in [9.17, 15) is 8.42 Å². The lowest BCUT2D eigenvalue weighted by Gasteiger charge is -2.34. The first-order valence-electron chi connectivity index (χ1n) is 6.15. The van der Waals surface area contributed by atoms with Crippen molar-refractivity contribution in [2.75, 3.05) is 28.4 Å². The van der Waals surface area contributed by atoms with E-state index in [0.717, 1.165) is 5.39 Å². The van der Waals surface area contributed by atoms with Gasteiger partial charge >= 0.3 is 0 Å². The van der Waals surface area contributed by atoms with Gasteiger partial charge in [-0.1, -0.05) is 0 Å². The second-order valence-electron chi connectivity index (χ2n) is 4.80. The van der Waals surface area contributed by atoms with E-state index in [2.05, 4.69) is 25.6 Å². The molecule has 0 spiro atoms. The van der Waals surface area contributed by atoms with Gasteiger partial charge in [0.25, 0.3) is 0 Å². The van der Waals surface area contributed by atoms with E-state index in [0.29, 0.717) is 18.0 Å². The van der Waals surface area contributed by atoms with Crippen molar-refractivity contribution in [3.05, 3.63) is 6.20 Å². The molecule has 1 fully saturated rings. The summed E-state index contributed by atoms with van der Waals surface area (Å²) in [7, 11) is -2.98. The summed E-state index contributed by atoms with van der Waals surface area (Å²) in [6.45, 7) is 2.26. The van der Waals surface area contributed by atoms with Gasteiger partial charge in [-0.2, -0.15) is 15.1 Å². The minimum absolute atomic E-state index is 0.113. The maximum absolute atomic E-state index is 11.7. The minimum atomic E-state index is -2.98. The molecular formula is C10H15N7O2S. The van der Waals surface area contributed by atoms with Crippen LogP contribution in [-0.2, 0) is 9.84 Å². The highest BCUT2D eigenvalue weighted by molar-refractivity contribution is 7.91. The summed E-state index contributed by atoms with van der Waals surface area (Å²) in [4.78, 5) is 10.4. The molecule has 2 aromatic heterocycles. The Morgan fingerprint density at radius 1 is 1.50 bits per heavy atom. The molecule has 0 aliphatic carbocycles. The van der Waals surface area contributed by atoms with E-state index in [1.165, 1.54) is 0 Å². The predicted octanol–water partition coefficient (Wildman–Crippen LogP) is -0.738. The number of aromatic nitrogens is 4. The van der Waals surface area contributed by atoms with Crippen molar-refractivity contribution in [3.63, 3.8) is 0 Å². The molecular weight excluding hydrogens is 282 g/mol. The van der Waals surface area contributed by atoms with Crippen LogP contribution in [-0.4, -0.2) is 52.7 Å². The largest absolute Gasteiger partial charge is 0.351 e. The van der Waals surface area contributed by atoms with Crippen LogP contribution in [0.2, 0.25) is 0 Å². The first kappa shape index (κ1) is 13.1. The Labute approximate surface area is 115 Å². The van der Waals surface area contributed by atoms with Crippen LogP contribution in [0, 0.1) is 0 Å². The third kappa shape index (κ3) is 2.16. The molecule has 10 heteroatoms. The molecule has 1 atom stereocenters. The smallest absolute Gasteiger partial charge is 0.241 e. The van der Waals surface area contributed by atoms with Crippen LogP contribution >= 0.6 is 0 Å². The van der Waals surface area contributed by atoms with E-state index < -0.39 is 9.84 Å². The van der Waals surface area contributed by atoms with E-state index in [-0.39, 0.29) is 23.5 Å². The summed E-state index contributed by atoms with van der Waals surface area (Å²) in [5.41, 5.74) is 2.96. The van der Waals surface area contributed by atoms with Gasteiger partial charge in [-0.25, -0.2) is 14.3 Å². The molecule has 1 unspecified atom stereocenters. The van der Waals surface area contributed by atoms with Gasteiger partial charge in [0.2, 0.25) is 5.95 Å². The average molecular weight is 297 g/mol. The van der Waals surface area contributed by atoms with Crippen LogP contribution in [0.4, 0.5) is 11.8 Å². The number of nitrogens with zero attached hydrogens (tertiary/aromatic N) is 4. The first-order valence-corrected chi connectivity index (χ1v) is 7.97. The van der Waals surface area contributed by atoms with Crippen LogP contribution in [0.15, 0.2) is 6.20 Å². The number of aromatic amines is 1. The maximum Gasteiger partial charge on any atom is 0.241 e. The Kier molecular flexibility index (Phi) is 2.98. The first-order chi connectivity index (χ1) is 9.50. The summed E-state index contributed by atoms with van der Waals surface area (Å²) in [6.07, 6.45) is 1.63. The summed E-state index contributed by atoms with van der Waals surface area (Å²) in [5.74, 6) is 6.49. The number of hydrogen-bond donors (Lipinski definition) is 3. The zero-order valence-electron chi connectivity index (χ0n) is 10.9. The van der Waals surface area contributed by atoms with Crippen LogP contribution in [0.1, 0.15) is 6.92 Å². The number of nitrogens with one attached hydrogen (secondary N) is 2. The van der Waals surface area contributed by atoms with Crippen LogP contribution < -0.4 is 16.2 Å². The van der Waals surface area contributed by atoms with E-state index in [1.807, 2.05) is 11.8 Å². The molecule has 1 aliphatic heterocycles. The quantitative estimate of drug-likeness (QED) is 0.488. The molecule has 9 nitrogen and oxygen atoms in total. The second-order valence-corrected chi connectivity index (χ2v) is 7.03. The van der Waals surface area contributed by atoms with Gasteiger partial charge in [-0.05, 0) is 6.92 Å². The van der Waals surface area contributed by atoms with Crippen molar-refractivity contribution >= 4 is 32.6 Å². The normalized spacial score (nSPS) is 22.1. The summed E-state index contributed by atoms with van der Waals surface area (Å²) in [6, 6.07) is -0.160. The minimum Gasteiger partial charge on any atom is -0.351 e. The molecule has 0 bridgehead atoms. The van der Waals surface area contributed by atoms with E-state index >= 15 is 0 Å². The van der Waals surface area contributed by atoms with Crippen molar-refractivity contribution in [2.45, 2.75) is 13.0 Å². The summed E-state index contributed by atoms with van der Waals surface area (Å²) < 4.78 is 23.3. The molecule has 0 saturated carbocycles. The topological polar surface area (TPSA) is 130 Å². The number of H-pyrrole nitrogens is 1. The number of fused-ring (bicyclic) bond motifs is 1. The number of nitrogens with two attached hydrogens (primary N) is 1. The number of sulfone groups is 1.